The smallest absolute Gasteiger partial charge is 0.368 e. The Morgan fingerprint density at radius 2 is 1.89 bits per heavy atom. The maximum absolute atomic E-state index is 11.0. The summed E-state index contributed by atoms with van der Waals surface area (Å²) in [4.78, 5) is 24.8. The number of anilines is 1. The maximum Gasteiger partial charge on any atom is 0.368 e. The van der Waals surface area contributed by atoms with Crippen LogP contribution in [0.25, 0.3) is 0 Å². The number of halogens is 1. The first kappa shape index (κ1) is 16.2. The van der Waals surface area contributed by atoms with Crippen molar-refractivity contribution in [2.75, 3.05) is 19.0 Å². The number of nitrogens with zero attached hydrogens (tertiary/aromatic N) is 2. The first-order chi connectivity index (χ1) is 8.38. The van der Waals surface area contributed by atoms with Crippen molar-refractivity contribution in [2.45, 2.75) is 12.3 Å². The Labute approximate surface area is 122 Å². The van der Waals surface area contributed by atoms with Crippen molar-refractivity contribution >= 4 is 36.0 Å². The van der Waals surface area contributed by atoms with Crippen LogP contribution in [0.15, 0.2) is 29.4 Å². The second-order valence-electron chi connectivity index (χ2n) is 4.33. The van der Waals surface area contributed by atoms with Gasteiger partial charge in [0.1, 0.15) is 0 Å². The van der Waals surface area contributed by atoms with Crippen molar-refractivity contribution < 1.29 is 19.2 Å². The molecule has 1 aromatic carbocycles. The third-order valence-corrected chi connectivity index (χ3v) is 3.77. The molecule has 0 saturated heterocycles. The van der Waals surface area contributed by atoms with E-state index in [1.54, 1.807) is 0 Å². The lowest BCUT2D eigenvalue weighted by Crippen LogP contribution is -2.10. The van der Waals surface area contributed by atoms with E-state index in [0.29, 0.717) is 5.71 Å². The molecule has 0 fully saturated rings. The molecule has 0 radical (unpaired) electrons. The summed E-state index contributed by atoms with van der Waals surface area (Å²) in [5, 5.41) is 3.74. The molecule has 0 aliphatic carbocycles. The molecule has 1 heterocycles. The van der Waals surface area contributed by atoms with E-state index in [2.05, 4.69) is 5.16 Å². The highest BCUT2D eigenvalue weighted by Gasteiger charge is 2.36. The van der Waals surface area contributed by atoms with Crippen LogP contribution in [0, 0.1) is 0 Å². The highest BCUT2D eigenvalue weighted by Crippen LogP contribution is 2.46. The first-order valence-electron chi connectivity index (χ1n) is 5.43. The van der Waals surface area contributed by atoms with Crippen LogP contribution in [0.1, 0.15) is 12.0 Å². The van der Waals surface area contributed by atoms with Crippen LogP contribution in [0.2, 0.25) is 0 Å². The number of oxime groups is 1. The number of benzene rings is 1. The Hall–Kier alpha value is -0.880. The zero-order valence-electron chi connectivity index (χ0n) is 10.6. The van der Waals surface area contributed by atoms with E-state index in [1.165, 1.54) is 0 Å². The number of hydrogen-bond donors (Lipinski definition) is 2. The van der Waals surface area contributed by atoms with Crippen LogP contribution in [0.4, 0.5) is 5.69 Å². The SMILES string of the molecule is Br.CN(C)c1ccc(C2=NOC(P(=O)(O)O)C2)cc1. The standard InChI is InChI=1S/C11H15N2O4P.BrH/c1-13(2)9-5-3-8(4-6-9)10-7-11(17-12-10)18(14,15)16;/h3-6,11H,7H2,1-2H3,(H2,14,15,16);1H. The zero-order chi connectivity index (χ0) is 13.3. The fourth-order valence-electron chi connectivity index (χ4n) is 1.67. The van der Waals surface area contributed by atoms with Crippen molar-refractivity contribution in [3.05, 3.63) is 29.8 Å². The zero-order valence-corrected chi connectivity index (χ0v) is 13.2. The van der Waals surface area contributed by atoms with E-state index >= 15 is 0 Å². The topological polar surface area (TPSA) is 82.4 Å². The normalized spacial score (nSPS) is 18.3. The van der Waals surface area contributed by atoms with Crippen molar-refractivity contribution in [3.8, 4) is 0 Å². The monoisotopic (exact) mass is 350 g/mol. The molecule has 1 aromatic rings. The van der Waals surface area contributed by atoms with Crippen LogP contribution in [-0.4, -0.2) is 35.4 Å². The van der Waals surface area contributed by atoms with E-state index in [4.69, 9.17) is 14.6 Å². The molecule has 0 spiro atoms. The highest BCUT2D eigenvalue weighted by molar-refractivity contribution is 8.93. The molecule has 19 heavy (non-hydrogen) atoms. The second kappa shape index (κ2) is 6.05. The molecular weight excluding hydrogens is 335 g/mol. The Kier molecular flexibility index (Phi) is 5.15. The summed E-state index contributed by atoms with van der Waals surface area (Å²) in [6.45, 7) is 0. The van der Waals surface area contributed by atoms with Gasteiger partial charge in [-0.3, -0.25) is 4.57 Å². The van der Waals surface area contributed by atoms with Gasteiger partial charge in [-0.15, -0.1) is 17.0 Å². The van der Waals surface area contributed by atoms with Crippen LogP contribution in [-0.2, 0) is 9.40 Å². The Morgan fingerprint density at radius 1 is 1.32 bits per heavy atom. The van der Waals surface area contributed by atoms with E-state index in [0.717, 1.165) is 11.3 Å². The van der Waals surface area contributed by atoms with Crippen LogP contribution >= 0.6 is 24.6 Å². The third-order valence-electron chi connectivity index (χ3n) is 2.74. The van der Waals surface area contributed by atoms with E-state index < -0.39 is 13.4 Å². The van der Waals surface area contributed by atoms with Gasteiger partial charge in [0.2, 0.25) is 5.85 Å². The van der Waals surface area contributed by atoms with Gasteiger partial charge < -0.3 is 19.5 Å². The van der Waals surface area contributed by atoms with Gasteiger partial charge in [0.25, 0.3) is 0 Å². The van der Waals surface area contributed by atoms with Crippen molar-refractivity contribution in [1.82, 2.24) is 0 Å². The average molecular weight is 351 g/mol. The summed E-state index contributed by atoms with van der Waals surface area (Å²) >= 11 is 0. The molecule has 1 unspecified atom stereocenters. The van der Waals surface area contributed by atoms with Gasteiger partial charge >= 0.3 is 7.60 Å². The summed E-state index contributed by atoms with van der Waals surface area (Å²) in [6, 6.07) is 7.56. The van der Waals surface area contributed by atoms with Gasteiger partial charge in [-0.1, -0.05) is 17.3 Å². The van der Waals surface area contributed by atoms with Gasteiger partial charge in [0.15, 0.2) is 0 Å². The minimum absolute atomic E-state index is 0. The average Bonchev–Trinajstić information content (AvgIpc) is 2.78. The fraction of sp³-hybridized carbons (Fsp3) is 0.364. The summed E-state index contributed by atoms with van der Waals surface area (Å²) in [5.41, 5.74) is 2.43. The second-order valence-corrected chi connectivity index (χ2v) is 6.09. The fourth-order valence-corrected chi connectivity index (χ4v) is 2.25. The van der Waals surface area contributed by atoms with Gasteiger partial charge in [0.05, 0.1) is 5.71 Å². The molecule has 2 N–H and O–H groups in total. The summed E-state index contributed by atoms with van der Waals surface area (Å²) in [6.07, 6.45) is 0.131. The number of rotatable bonds is 3. The van der Waals surface area contributed by atoms with E-state index in [9.17, 15) is 4.57 Å². The molecule has 0 aromatic heterocycles. The molecule has 0 bridgehead atoms. The first-order valence-corrected chi connectivity index (χ1v) is 7.12. The minimum atomic E-state index is -4.24. The van der Waals surface area contributed by atoms with Crippen molar-refractivity contribution in [1.29, 1.82) is 0 Å². The molecule has 1 aliphatic rings. The molecule has 0 saturated carbocycles. The molecular formula is C11H16BrN2O4P. The molecule has 8 heteroatoms. The lowest BCUT2D eigenvalue weighted by molar-refractivity contribution is 0.117. The van der Waals surface area contributed by atoms with Gasteiger partial charge in [-0.25, -0.2) is 0 Å². The molecule has 0 amide bonds. The van der Waals surface area contributed by atoms with Crippen LogP contribution < -0.4 is 4.90 Å². The van der Waals surface area contributed by atoms with E-state index in [-0.39, 0.29) is 23.4 Å². The summed E-state index contributed by atoms with van der Waals surface area (Å²) in [7, 11) is -0.362. The van der Waals surface area contributed by atoms with Gasteiger partial charge in [-0.2, -0.15) is 0 Å². The Bertz CT molecular complexity index is 512. The molecule has 6 nitrogen and oxygen atoms in total. The Balaban J connectivity index is 0.00000180. The summed E-state index contributed by atoms with van der Waals surface area (Å²) < 4.78 is 11.0. The van der Waals surface area contributed by atoms with Gasteiger partial charge in [-0.05, 0) is 17.7 Å². The maximum atomic E-state index is 11.0. The highest BCUT2D eigenvalue weighted by atomic mass is 79.9. The summed E-state index contributed by atoms with van der Waals surface area (Å²) in [5.74, 6) is -1.15. The largest absolute Gasteiger partial charge is 0.379 e. The lowest BCUT2D eigenvalue weighted by Gasteiger charge is -2.12. The quantitative estimate of drug-likeness (QED) is 0.814. The van der Waals surface area contributed by atoms with Crippen LogP contribution in [0.3, 0.4) is 0 Å². The van der Waals surface area contributed by atoms with Crippen LogP contribution in [0.5, 0.6) is 0 Å². The van der Waals surface area contributed by atoms with E-state index in [1.807, 2.05) is 43.3 Å². The minimum Gasteiger partial charge on any atom is -0.379 e. The third kappa shape index (κ3) is 3.79. The molecule has 2 rings (SSSR count). The molecule has 1 aliphatic heterocycles. The Morgan fingerprint density at radius 3 is 2.32 bits per heavy atom. The molecule has 1 atom stereocenters. The number of hydrogen-bond acceptors (Lipinski definition) is 4. The van der Waals surface area contributed by atoms with Crippen molar-refractivity contribution in [3.63, 3.8) is 0 Å². The van der Waals surface area contributed by atoms with Gasteiger partial charge in [0, 0.05) is 26.2 Å². The van der Waals surface area contributed by atoms with Crippen molar-refractivity contribution in [2.24, 2.45) is 5.16 Å². The lowest BCUT2D eigenvalue weighted by atomic mass is 10.1. The predicted octanol–water partition coefficient (Wildman–Crippen LogP) is 1.96. The predicted molar refractivity (Wildman–Crippen MR) is 79.2 cm³/mol. The molecule has 106 valence electrons.